The highest BCUT2D eigenvalue weighted by Crippen LogP contribution is 2.27. The molecule has 1 atom stereocenters. The lowest BCUT2D eigenvalue weighted by Gasteiger charge is -2.15. The number of H-pyrrole nitrogens is 1. The Bertz CT molecular complexity index is 702. The first-order chi connectivity index (χ1) is 10.4. The molecule has 0 radical (unpaired) electrons. The largest absolute Gasteiger partial charge is 0.342 e. The van der Waals surface area contributed by atoms with Crippen molar-refractivity contribution in [1.82, 2.24) is 19.9 Å². The minimum Gasteiger partial charge on any atom is -0.342 e. The lowest BCUT2D eigenvalue weighted by Crippen LogP contribution is -2.20. The van der Waals surface area contributed by atoms with Gasteiger partial charge in [-0.2, -0.15) is 0 Å². The maximum atomic E-state index is 4.74. The van der Waals surface area contributed by atoms with Crippen LogP contribution in [0, 0.1) is 0 Å². The van der Waals surface area contributed by atoms with Gasteiger partial charge in [-0.05, 0) is 36.7 Å². The van der Waals surface area contributed by atoms with E-state index in [2.05, 4.69) is 33.1 Å². The molecule has 4 nitrogen and oxygen atoms in total. The first-order valence-electron chi connectivity index (χ1n) is 7.44. The molecule has 1 N–H and O–H groups in total. The van der Waals surface area contributed by atoms with Gasteiger partial charge in [0.1, 0.15) is 5.82 Å². The van der Waals surface area contributed by atoms with Crippen LogP contribution in [0.2, 0.25) is 0 Å². The Kier molecular flexibility index (Phi) is 3.16. The second kappa shape index (κ2) is 5.30. The maximum absolute atomic E-state index is 4.74. The summed E-state index contributed by atoms with van der Waals surface area (Å²) in [5.74, 6) is 1.64. The van der Waals surface area contributed by atoms with Crippen LogP contribution in [0.15, 0.2) is 48.8 Å². The minimum absolute atomic E-state index is 0.508. The smallest absolute Gasteiger partial charge is 0.111 e. The fourth-order valence-corrected chi connectivity index (χ4v) is 3.12. The van der Waals surface area contributed by atoms with E-state index in [-0.39, 0.29) is 0 Å². The highest BCUT2D eigenvalue weighted by molar-refractivity contribution is 5.74. The number of nitrogens with one attached hydrogen (secondary N) is 1. The van der Waals surface area contributed by atoms with Gasteiger partial charge in [0.05, 0.1) is 11.0 Å². The molecule has 0 aliphatic carbocycles. The predicted octanol–water partition coefficient (Wildman–Crippen LogP) is 2.95. The van der Waals surface area contributed by atoms with E-state index in [0.717, 1.165) is 36.5 Å². The van der Waals surface area contributed by atoms with E-state index >= 15 is 0 Å². The molecule has 106 valence electrons. The molecule has 2 aromatic heterocycles. The fourth-order valence-electron chi connectivity index (χ4n) is 3.12. The summed E-state index contributed by atoms with van der Waals surface area (Å²) in [5, 5.41) is 0. The van der Waals surface area contributed by atoms with Crippen LogP contribution >= 0.6 is 0 Å². The van der Waals surface area contributed by atoms with Gasteiger partial charge in [-0.3, -0.25) is 9.88 Å². The third-order valence-corrected chi connectivity index (χ3v) is 4.20. The molecule has 4 rings (SSSR count). The molecule has 1 aliphatic heterocycles. The van der Waals surface area contributed by atoms with Crippen molar-refractivity contribution in [3.8, 4) is 0 Å². The van der Waals surface area contributed by atoms with Crippen LogP contribution in [0.4, 0.5) is 0 Å². The Morgan fingerprint density at radius 2 is 2.14 bits per heavy atom. The number of pyridine rings is 1. The summed E-state index contributed by atoms with van der Waals surface area (Å²) in [6, 6.07) is 12.4. The van der Waals surface area contributed by atoms with Crippen LogP contribution in [0.25, 0.3) is 11.0 Å². The van der Waals surface area contributed by atoms with E-state index < -0.39 is 0 Å². The van der Waals surface area contributed by atoms with Crippen LogP contribution in [0.3, 0.4) is 0 Å². The summed E-state index contributed by atoms with van der Waals surface area (Å²) in [6.07, 6.45) is 4.94. The van der Waals surface area contributed by atoms with Gasteiger partial charge >= 0.3 is 0 Å². The standard InChI is InChI=1S/C17H18N4/c1-2-6-16-15(5-1)19-17(20-16)14-7-9-21(12-14)11-13-4-3-8-18-10-13/h1-6,8,10,14H,7,9,11-12H2,(H,19,20)/t14-/m0/s1. The van der Waals surface area contributed by atoms with Crippen molar-refractivity contribution in [3.05, 3.63) is 60.2 Å². The molecule has 1 fully saturated rings. The average molecular weight is 278 g/mol. The molecular formula is C17H18N4. The third-order valence-electron chi connectivity index (χ3n) is 4.20. The van der Waals surface area contributed by atoms with E-state index in [1.54, 1.807) is 0 Å². The van der Waals surface area contributed by atoms with Crippen molar-refractivity contribution >= 4 is 11.0 Å². The van der Waals surface area contributed by atoms with Gasteiger partial charge in [0, 0.05) is 31.4 Å². The molecule has 4 heteroatoms. The van der Waals surface area contributed by atoms with Gasteiger partial charge in [0.2, 0.25) is 0 Å². The Hall–Kier alpha value is -2.20. The van der Waals surface area contributed by atoms with Crippen LogP contribution < -0.4 is 0 Å². The molecule has 0 spiro atoms. The molecule has 3 heterocycles. The number of likely N-dealkylation sites (tertiary alicyclic amines) is 1. The lowest BCUT2D eigenvalue weighted by atomic mass is 10.1. The topological polar surface area (TPSA) is 44.8 Å². The molecule has 3 aromatic rings. The molecule has 1 saturated heterocycles. The number of nitrogens with zero attached hydrogens (tertiary/aromatic N) is 3. The zero-order valence-electron chi connectivity index (χ0n) is 11.9. The zero-order valence-corrected chi connectivity index (χ0v) is 11.9. The molecular weight excluding hydrogens is 260 g/mol. The Morgan fingerprint density at radius 3 is 3.00 bits per heavy atom. The maximum Gasteiger partial charge on any atom is 0.111 e. The van der Waals surface area contributed by atoms with Crippen molar-refractivity contribution in [2.24, 2.45) is 0 Å². The normalized spacial score (nSPS) is 19.3. The second-order valence-electron chi connectivity index (χ2n) is 5.72. The van der Waals surface area contributed by atoms with E-state index in [1.165, 1.54) is 12.0 Å². The highest BCUT2D eigenvalue weighted by atomic mass is 15.2. The number of benzene rings is 1. The van der Waals surface area contributed by atoms with Crippen molar-refractivity contribution in [3.63, 3.8) is 0 Å². The third kappa shape index (κ3) is 2.54. The van der Waals surface area contributed by atoms with Crippen LogP contribution in [-0.2, 0) is 6.54 Å². The predicted molar refractivity (Wildman–Crippen MR) is 83.0 cm³/mol. The first kappa shape index (κ1) is 12.5. The summed E-state index contributed by atoms with van der Waals surface area (Å²) >= 11 is 0. The summed E-state index contributed by atoms with van der Waals surface area (Å²) in [5.41, 5.74) is 3.49. The van der Waals surface area contributed by atoms with Gasteiger partial charge < -0.3 is 4.98 Å². The number of imidazole rings is 1. The van der Waals surface area contributed by atoms with Gasteiger partial charge in [-0.15, -0.1) is 0 Å². The summed E-state index contributed by atoms with van der Waals surface area (Å²) in [4.78, 5) is 14.9. The van der Waals surface area contributed by atoms with Gasteiger partial charge in [0.15, 0.2) is 0 Å². The van der Waals surface area contributed by atoms with Gasteiger partial charge in [-0.25, -0.2) is 4.98 Å². The number of fused-ring (bicyclic) bond motifs is 1. The van der Waals surface area contributed by atoms with E-state index in [4.69, 9.17) is 4.98 Å². The quantitative estimate of drug-likeness (QED) is 0.801. The number of para-hydroxylation sites is 2. The van der Waals surface area contributed by atoms with Crippen LogP contribution in [0.1, 0.15) is 23.7 Å². The molecule has 1 aromatic carbocycles. The number of hydrogen-bond acceptors (Lipinski definition) is 3. The molecule has 0 unspecified atom stereocenters. The minimum atomic E-state index is 0.508. The fraction of sp³-hybridized carbons (Fsp3) is 0.294. The number of aromatic nitrogens is 3. The molecule has 0 amide bonds. The highest BCUT2D eigenvalue weighted by Gasteiger charge is 2.26. The van der Waals surface area contributed by atoms with Crippen LogP contribution in [-0.4, -0.2) is 32.9 Å². The van der Waals surface area contributed by atoms with E-state index in [0.29, 0.717) is 5.92 Å². The summed E-state index contributed by atoms with van der Waals surface area (Å²) in [6.45, 7) is 3.16. The molecule has 0 saturated carbocycles. The van der Waals surface area contributed by atoms with Crippen molar-refractivity contribution in [2.75, 3.05) is 13.1 Å². The zero-order chi connectivity index (χ0) is 14.1. The average Bonchev–Trinajstić information content (AvgIpc) is 3.14. The first-order valence-corrected chi connectivity index (χ1v) is 7.44. The number of rotatable bonds is 3. The summed E-state index contributed by atoms with van der Waals surface area (Å²) in [7, 11) is 0. The van der Waals surface area contributed by atoms with E-state index in [1.807, 2.05) is 30.6 Å². The van der Waals surface area contributed by atoms with Gasteiger partial charge in [-0.1, -0.05) is 18.2 Å². The van der Waals surface area contributed by atoms with Crippen molar-refractivity contribution < 1.29 is 0 Å². The summed E-state index contributed by atoms with van der Waals surface area (Å²) < 4.78 is 0. The second-order valence-corrected chi connectivity index (χ2v) is 5.72. The van der Waals surface area contributed by atoms with Crippen molar-refractivity contribution in [1.29, 1.82) is 0 Å². The molecule has 21 heavy (non-hydrogen) atoms. The SMILES string of the molecule is c1cncc(CN2CC[C@H](c3nc4ccccc4[nH]3)C2)c1. The number of hydrogen-bond donors (Lipinski definition) is 1. The van der Waals surface area contributed by atoms with E-state index in [9.17, 15) is 0 Å². The molecule has 1 aliphatic rings. The van der Waals surface area contributed by atoms with Crippen LogP contribution in [0.5, 0.6) is 0 Å². The van der Waals surface area contributed by atoms with Crippen molar-refractivity contribution in [2.45, 2.75) is 18.9 Å². The van der Waals surface area contributed by atoms with Gasteiger partial charge in [0.25, 0.3) is 0 Å². The monoisotopic (exact) mass is 278 g/mol. The molecule has 0 bridgehead atoms. The Balaban J connectivity index is 1.48. The Labute approximate surface area is 123 Å². The lowest BCUT2D eigenvalue weighted by molar-refractivity contribution is 0.325. The number of aromatic amines is 1. The Morgan fingerprint density at radius 1 is 1.19 bits per heavy atom.